The van der Waals surface area contributed by atoms with Crippen LogP contribution in [0.15, 0.2) is 18.3 Å². The quantitative estimate of drug-likeness (QED) is 0.692. The molecule has 1 heterocycles. The van der Waals surface area contributed by atoms with Gasteiger partial charge in [0.05, 0.1) is 7.11 Å². The summed E-state index contributed by atoms with van der Waals surface area (Å²) in [6, 6.07) is 3.71. The summed E-state index contributed by atoms with van der Waals surface area (Å²) in [4.78, 5) is 11.6. The Morgan fingerprint density at radius 2 is 2.14 bits per heavy atom. The van der Waals surface area contributed by atoms with Gasteiger partial charge in [-0.15, -0.1) is 0 Å². The number of hydrogen-bond donors (Lipinski definition) is 0. The zero-order chi connectivity index (χ0) is 10.7. The number of carbonyl (C=O) groups is 1. The van der Waals surface area contributed by atoms with Gasteiger partial charge in [0.25, 0.3) is 0 Å². The van der Waals surface area contributed by atoms with E-state index in [0.717, 1.165) is 5.69 Å². The van der Waals surface area contributed by atoms with E-state index in [4.69, 9.17) is 4.74 Å². The van der Waals surface area contributed by atoms with Crippen LogP contribution in [-0.4, -0.2) is 17.6 Å². The van der Waals surface area contributed by atoms with Gasteiger partial charge in [-0.05, 0) is 25.0 Å². The Morgan fingerprint density at radius 1 is 1.50 bits per heavy atom. The first-order chi connectivity index (χ1) is 6.57. The molecule has 14 heavy (non-hydrogen) atoms. The molecule has 0 saturated carbocycles. The van der Waals surface area contributed by atoms with Crippen LogP contribution in [0, 0.1) is 12.8 Å². The molecule has 3 nitrogen and oxygen atoms in total. The number of esters is 1. The summed E-state index contributed by atoms with van der Waals surface area (Å²) in [7, 11) is 1.43. The molecular formula is C11H17NO2. The van der Waals surface area contributed by atoms with Gasteiger partial charge in [-0.3, -0.25) is 0 Å². The lowest BCUT2D eigenvalue weighted by Gasteiger charge is -2.21. The van der Waals surface area contributed by atoms with Crippen molar-refractivity contribution >= 4 is 5.97 Å². The molecular weight excluding hydrogens is 178 g/mol. The second kappa shape index (κ2) is 4.31. The molecule has 1 aromatic heterocycles. The van der Waals surface area contributed by atoms with Crippen molar-refractivity contribution in [1.29, 1.82) is 0 Å². The SMILES string of the molecule is COC(=O)[C@H](C(C)C)n1cccc1C. The van der Waals surface area contributed by atoms with Crippen molar-refractivity contribution < 1.29 is 9.53 Å². The lowest BCUT2D eigenvalue weighted by molar-refractivity contribution is -0.146. The molecule has 0 bridgehead atoms. The average Bonchev–Trinajstić information content (AvgIpc) is 2.52. The number of methoxy groups -OCH3 is 1. The van der Waals surface area contributed by atoms with Crippen LogP contribution in [0.25, 0.3) is 0 Å². The summed E-state index contributed by atoms with van der Waals surface area (Å²) in [6.07, 6.45) is 1.91. The molecule has 0 aromatic carbocycles. The molecule has 1 atom stereocenters. The molecule has 0 aliphatic carbocycles. The van der Waals surface area contributed by atoms with Gasteiger partial charge in [-0.2, -0.15) is 0 Å². The van der Waals surface area contributed by atoms with Crippen LogP contribution in [0.3, 0.4) is 0 Å². The molecule has 78 valence electrons. The molecule has 0 aliphatic rings. The van der Waals surface area contributed by atoms with Crippen molar-refractivity contribution in [2.24, 2.45) is 5.92 Å². The smallest absolute Gasteiger partial charge is 0.329 e. The largest absolute Gasteiger partial charge is 0.467 e. The van der Waals surface area contributed by atoms with E-state index in [2.05, 4.69) is 0 Å². The molecule has 0 saturated heterocycles. The maximum absolute atomic E-state index is 11.6. The van der Waals surface area contributed by atoms with E-state index in [1.165, 1.54) is 7.11 Å². The Labute approximate surface area is 84.7 Å². The zero-order valence-electron chi connectivity index (χ0n) is 9.15. The van der Waals surface area contributed by atoms with Crippen molar-refractivity contribution in [2.75, 3.05) is 7.11 Å². The highest BCUT2D eigenvalue weighted by atomic mass is 16.5. The highest BCUT2D eigenvalue weighted by molar-refractivity contribution is 5.74. The van der Waals surface area contributed by atoms with Gasteiger partial charge in [0.2, 0.25) is 0 Å². The van der Waals surface area contributed by atoms with E-state index in [1.807, 2.05) is 43.7 Å². The van der Waals surface area contributed by atoms with Gasteiger partial charge < -0.3 is 9.30 Å². The third-order valence-corrected chi connectivity index (χ3v) is 2.37. The maximum Gasteiger partial charge on any atom is 0.329 e. The van der Waals surface area contributed by atoms with E-state index < -0.39 is 0 Å². The van der Waals surface area contributed by atoms with Crippen LogP contribution in [0.2, 0.25) is 0 Å². The normalized spacial score (nSPS) is 12.9. The summed E-state index contributed by atoms with van der Waals surface area (Å²) in [5, 5.41) is 0. The minimum absolute atomic E-state index is 0.181. The first-order valence-electron chi connectivity index (χ1n) is 4.79. The summed E-state index contributed by atoms with van der Waals surface area (Å²) in [5.41, 5.74) is 1.08. The van der Waals surface area contributed by atoms with E-state index in [9.17, 15) is 4.79 Å². The van der Waals surface area contributed by atoms with E-state index in [1.54, 1.807) is 0 Å². The molecule has 0 N–H and O–H groups in total. The fraction of sp³-hybridized carbons (Fsp3) is 0.545. The Kier molecular flexibility index (Phi) is 3.33. The minimum Gasteiger partial charge on any atom is -0.467 e. The molecule has 1 aromatic rings. The Bertz CT molecular complexity index is 315. The Hall–Kier alpha value is -1.25. The monoisotopic (exact) mass is 195 g/mol. The van der Waals surface area contributed by atoms with Gasteiger partial charge in [-0.25, -0.2) is 4.79 Å². The predicted octanol–water partition coefficient (Wildman–Crippen LogP) is 2.17. The fourth-order valence-corrected chi connectivity index (χ4v) is 1.62. The van der Waals surface area contributed by atoms with Gasteiger partial charge in [-0.1, -0.05) is 13.8 Å². The Morgan fingerprint density at radius 3 is 2.50 bits per heavy atom. The number of rotatable bonds is 3. The summed E-state index contributed by atoms with van der Waals surface area (Å²) in [6.45, 7) is 6.01. The predicted molar refractivity (Wildman–Crippen MR) is 55.1 cm³/mol. The van der Waals surface area contributed by atoms with Crippen molar-refractivity contribution in [2.45, 2.75) is 26.8 Å². The van der Waals surface area contributed by atoms with Crippen molar-refractivity contribution in [1.82, 2.24) is 4.57 Å². The summed E-state index contributed by atoms with van der Waals surface area (Å²) >= 11 is 0. The van der Waals surface area contributed by atoms with E-state index >= 15 is 0 Å². The van der Waals surface area contributed by atoms with Gasteiger partial charge >= 0.3 is 5.97 Å². The molecule has 3 heteroatoms. The van der Waals surface area contributed by atoms with Crippen LogP contribution in [0.5, 0.6) is 0 Å². The average molecular weight is 195 g/mol. The van der Waals surface area contributed by atoms with Crippen LogP contribution in [0.1, 0.15) is 25.6 Å². The molecule has 0 spiro atoms. The fourth-order valence-electron chi connectivity index (χ4n) is 1.62. The summed E-state index contributed by atoms with van der Waals surface area (Å²) < 4.78 is 6.75. The highest BCUT2D eigenvalue weighted by Crippen LogP contribution is 2.21. The van der Waals surface area contributed by atoms with Crippen molar-refractivity contribution in [3.05, 3.63) is 24.0 Å². The Balaban J connectivity index is 3.00. The summed E-state index contributed by atoms with van der Waals surface area (Å²) in [5.74, 6) is 0.0489. The molecule has 0 aliphatic heterocycles. The third kappa shape index (κ3) is 1.97. The van der Waals surface area contributed by atoms with Crippen molar-refractivity contribution in [3.8, 4) is 0 Å². The molecule has 0 amide bonds. The van der Waals surface area contributed by atoms with Gasteiger partial charge in [0, 0.05) is 11.9 Å². The maximum atomic E-state index is 11.6. The first-order valence-corrected chi connectivity index (χ1v) is 4.79. The number of nitrogens with zero attached hydrogens (tertiary/aromatic N) is 1. The number of ether oxygens (including phenoxy) is 1. The van der Waals surface area contributed by atoms with E-state index in [-0.39, 0.29) is 17.9 Å². The molecule has 0 unspecified atom stereocenters. The van der Waals surface area contributed by atoms with Crippen LogP contribution < -0.4 is 0 Å². The van der Waals surface area contributed by atoms with Crippen LogP contribution in [-0.2, 0) is 9.53 Å². The lowest BCUT2D eigenvalue weighted by Crippen LogP contribution is -2.25. The second-order valence-electron chi connectivity index (χ2n) is 3.77. The third-order valence-electron chi connectivity index (χ3n) is 2.37. The molecule has 1 rings (SSSR count). The van der Waals surface area contributed by atoms with Gasteiger partial charge in [0.15, 0.2) is 0 Å². The van der Waals surface area contributed by atoms with Gasteiger partial charge in [0.1, 0.15) is 6.04 Å². The van der Waals surface area contributed by atoms with Crippen LogP contribution >= 0.6 is 0 Å². The topological polar surface area (TPSA) is 31.2 Å². The highest BCUT2D eigenvalue weighted by Gasteiger charge is 2.24. The minimum atomic E-state index is -0.213. The van der Waals surface area contributed by atoms with E-state index in [0.29, 0.717) is 0 Å². The molecule has 0 fully saturated rings. The number of hydrogen-bond acceptors (Lipinski definition) is 2. The zero-order valence-corrected chi connectivity index (χ0v) is 9.15. The first kappa shape index (κ1) is 10.8. The van der Waals surface area contributed by atoms with Crippen molar-refractivity contribution in [3.63, 3.8) is 0 Å². The standard InChI is InChI=1S/C11H17NO2/c1-8(2)10(11(13)14-4)12-7-5-6-9(12)3/h5-8,10H,1-4H3/t10-/m0/s1. The van der Waals surface area contributed by atoms with Crippen LogP contribution in [0.4, 0.5) is 0 Å². The molecule has 0 radical (unpaired) electrons. The lowest BCUT2D eigenvalue weighted by atomic mass is 10.0. The number of carbonyl (C=O) groups excluding carboxylic acids is 1. The number of aromatic nitrogens is 1. The number of aryl methyl sites for hydroxylation is 1. The second-order valence-corrected chi connectivity index (χ2v) is 3.77.